The van der Waals surface area contributed by atoms with Crippen LogP contribution in [-0.4, -0.2) is 6.61 Å². The van der Waals surface area contributed by atoms with E-state index < -0.39 is 0 Å². The summed E-state index contributed by atoms with van der Waals surface area (Å²) in [4.78, 5) is 0. The first-order valence-corrected chi connectivity index (χ1v) is 4.69. The fourth-order valence-corrected chi connectivity index (χ4v) is 1.40. The van der Waals surface area contributed by atoms with Crippen LogP contribution in [0.2, 0.25) is 0 Å². The summed E-state index contributed by atoms with van der Waals surface area (Å²) < 4.78 is 7.18. The van der Waals surface area contributed by atoms with Crippen molar-refractivity contribution >= 4 is 31.9 Å². The molecule has 0 aliphatic carbocycles. The number of rotatable bonds is 2. The van der Waals surface area contributed by atoms with Gasteiger partial charge in [-0.1, -0.05) is 15.9 Å². The molecule has 11 heavy (non-hydrogen) atoms. The zero-order valence-electron chi connectivity index (χ0n) is 5.81. The van der Waals surface area contributed by atoms with E-state index in [2.05, 4.69) is 38.8 Å². The van der Waals surface area contributed by atoms with Crippen molar-refractivity contribution in [1.29, 1.82) is 0 Å². The highest BCUT2D eigenvalue weighted by Gasteiger charge is 1.99. The highest BCUT2D eigenvalue weighted by molar-refractivity contribution is 9.11. The summed E-state index contributed by atoms with van der Waals surface area (Å²) in [5, 5.41) is 0. The monoisotopic (exact) mass is 277 g/mol. The molecule has 0 N–H and O–H groups in total. The zero-order valence-corrected chi connectivity index (χ0v) is 8.98. The van der Waals surface area contributed by atoms with Crippen LogP contribution in [0, 0.1) is 6.92 Å². The van der Waals surface area contributed by atoms with Crippen LogP contribution in [-0.2, 0) is 0 Å². The Labute approximate surface area is 83.0 Å². The second kappa shape index (κ2) is 4.12. The maximum Gasteiger partial charge on any atom is 0.134 e. The Hall–Kier alpha value is -0.0200. The molecule has 0 spiro atoms. The summed E-state index contributed by atoms with van der Waals surface area (Å²) in [6, 6.07) is 5.77. The predicted molar refractivity (Wildman–Crippen MR) is 52.7 cm³/mol. The van der Waals surface area contributed by atoms with Crippen molar-refractivity contribution in [1.82, 2.24) is 0 Å². The lowest BCUT2D eigenvalue weighted by Gasteiger charge is -2.04. The lowest BCUT2D eigenvalue weighted by atomic mass is 10.3. The predicted octanol–water partition coefficient (Wildman–Crippen LogP) is 3.42. The normalized spacial score (nSPS) is 9.73. The van der Waals surface area contributed by atoms with Gasteiger partial charge in [-0.15, -0.1) is 0 Å². The minimum atomic E-state index is 0.440. The minimum absolute atomic E-state index is 0.440. The van der Waals surface area contributed by atoms with Gasteiger partial charge in [-0.05, 0) is 41.1 Å². The van der Waals surface area contributed by atoms with E-state index in [1.54, 1.807) is 0 Å². The summed E-state index contributed by atoms with van der Waals surface area (Å²) in [6.45, 7) is 4.03. The molecule has 0 aliphatic heterocycles. The molecular formula is C8H7Br2O. The lowest BCUT2D eigenvalue weighted by molar-refractivity contribution is 0.358. The molecule has 1 aromatic rings. The van der Waals surface area contributed by atoms with Crippen molar-refractivity contribution in [2.24, 2.45) is 0 Å². The minimum Gasteiger partial charge on any atom is -0.492 e. The van der Waals surface area contributed by atoms with Gasteiger partial charge in [-0.25, -0.2) is 0 Å². The zero-order chi connectivity index (χ0) is 8.27. The van der Waals surface area contributed by atoms with Crippen LogP contribution in [0.5, 0.6) is 5.75 Å². The van der Waals surface area contributed by atoms with Gasteiger partial charge in [-0.3, -0.25) is 0 Å². The van der Waals surface area contributed by atoms with Crippen LogP contribution in [0.3, 0.4) is 0 Å². The van der Waals surface area contributed by atoms with Crippen molar-refractivity contribution in [2.75, 3.05) is 6.61 Å². The second-order valence-corrected chi connectivity index (χ2v) is 3.69. The molecule has 59 valence electrons. The molecule has 3 heteroatoms. The standard InChI is InChI=1S/C8H7Br2O/c1-2-11-8-5-6(9)3-4-7(8)10/h3-5H,1-2H2. The van der Waals surface area contributed by atoms with Gasteiger partial charge in [0.2, 0.25) is 0 Å². The Morgan fingerprint density at radius 2 is 2.09 bits per heavy atom. The van der Waals surface area contributed by atoms with Crippen molar-refractivity contribution < 1.29 is 4.74 Å². The first-order valence-electron chi connectivity index (χ1n) is 3.11. The maximum atomic E-state index is 5.23. The molecule has 0 amide bonds. The number of hydrogen-bond donors (Lipinski definition) is 0. The van der Waals surface area contributed by atoms with Crippen LogP contribution in [0.25, 0.3) is 0 Å². The average Bonchev–Trinajstić information content (AvgIpc) is 1.98. The SMILES string of the molecule is [CH2]COc1cc(Br)ccc1Br. The highest BCUT2D eigenvalue weighted by Crippen LogP contribution is 2.27. The largest absolute Gasteiger partial charge is 0.492 e. The van der Waals surface area contributed by atoms with E-state index in [1.165, 1.54) is 0 Å². The Balaban J connectivity index is 2.93. The molecule has 0 heterocycles. The molecule has 0 atom stereocenters. The van der Waals surface area contributed by atoms with E-state index in [4.69, 9.17) is 4.74 Å². The van der Waals surface area contributed by atoms with E-state index in [1.807, 2.05) is 18.2 Å². The maximum absolute atomic E-state index is 5.23. The summed E-state index contributed by atoms with van der Waals surface area (Å²) in [5.74, 6) is 0.814. The lowest BCUT2D eigenvalue weighted by Crippen LogP contribution is -1.92. The summed E-state index contributed by atoms with van der Waals surface area (Å²) in [6.07, 6.45) is 0. The fourth-order valence-electron chi connectivity index (χ4n) is 0.698. The van der Waals surface area contributed by atoms with Gasteiger partial charge < -0.3 is 4.74 Å². The van der Waals surface area contributed by atoms with Crippen molar-refractivity contribution in [2.45, 2.75) is 0 Å². The smallest absolute Gasteiger partial charge is 0.134 e. The third-order valence-electron chi connectivity index (χ3n) is 1.15. The van der Waals surface area contributed by atoms with E-state index >= 15 is 0 Å². The van der Waals surface area contributed by atoms with Crippen LogP contribution in [0.1, 0.15) is 0 Å². The summed E-state index contributed by atoms with van der Waals surface area (Å²) in [5.41, 5.74) is 0. The van der Waals surface area contributed by atoms with Crippen LogP contribution in [0.15, 0.2) is 27.1 Å². The van der Waals surface area contributed by atoms with E-state index in [9.17, 15) is 0 Å². The van der Waals surface area contributed by atoms with Gasteiger partial charge in [-0.2, -0.15) is 0 Å². The third kappa shape index (κ3) is 2.49. The molecule has 0 aliphatic rings. The van der Waals surface area contributed by atoms with E-state index in [0.717, 1.165) is 14.7 Å². The Morgan fingerprint density at radius 1 is 1.36 bits per heavy atom. The molecule has 0 saturated heterocycles. The highest BCUT2D eigenvalue weighted by atomic mass is 79.9. The van der Waals surface area contributed by atoms with Gasteiger partial charge >= 0.3 is 0 Å². The number of benzene rings is 1. The number of hydrogen-bond acceptors (Lipinski definition) is 1. The van der Waals surface area contributed by atoms with Crippen molar-refractivity contribution in [3.05, 3.63) is 34.1 Å². The summed E-state index contributed by atoms with van der Waals surface area (Å²) >= 11 is 6.70. The topological polar surface area (TPSA) is 9.23 Å². The van der Waals surface area contributed by atoms with Gasteiger partial charge in [0.05, 0.1) is 11.1 Å². The molecular weight excluding hydrogens is 272 g/mol. The molecule has 0 bridgehead atoms. The van der Waals surface area contributed by atoms with Gasteiger partial charge in [0.15, 0.2) is 0 Å². The molecule has 1 aromatic carbocycles. The Morgan fingerprint density at radius 3 is 2.73 bits per heavy atom. The number of halogens is 2. The van der Waals surface area contributed by atoms with Gasteiger partial charge in [0, 0.05) is 4.47 Å². The molecule has 1 nitrogen and oxygen atoms in total. The van der Waals surface area contributed by atoms with Crippen LogP contribution < -0.4 is 4.74 Å². The average molecular weight is 279 g/mol. The fraction of sp³-hybridized carbons (Fsp3) is 0.125. The Bertz CT molecular complexity index is 248. The molecule has 0 saturated carbocycles. The second-order valence-electron chi connectivity index (χ2n) is 1.92. The molecule has 0 aromatic heterocycles. The quantitative estimate of drug-likeness (QED) is 0.805. The van der Waals surface area contributed by atoms with E-state index in [-0.39, 0.29) is 0 Å². The number of ether oxygens (including phenoxy) is 1. The van der Waals surface area contributed by atoms with Crippen molar-refractivity contribution in [3.8, 4) is 5.75 Å². The molecule has 1 radical (unpaired) electrons. The van der Waals surface area contributed by atoms with Gasteiger partial charge in [0.1, 0.15) is 5.75 Å². The first kappa shape index (κ1) is 9.07. The first-order chi connectivity index (χ1) is 5.24. The third-order valence-corrected chi connectivity index (χ3v) is 2.30. The molecule has 0 unspecified atom stereocenters. The molecule has 1 rings (SSSR count). The van der Waals surface area contributed by atoms with Crippen molar-refractivity contribution in [3.63, 3.8) is 0 Å². The Kier molecular flexibility index (Phi) is 3.40. The molecule has 0 fully saturated rings. The summed E-state index contributed by atoms with van der Waals surface area (Å²) in [7, 11) is 0. The van der Waals surface area contributed by atoms with Gasteiger partial charge in [0.25, 0.3) is 0 Å². The van der Waals surface area contributed by atoms with Crippen LogP contribution in [0.4, 0.5) is 0 Å². The van der Waals surface area contributed by atoms with Crippen LogP contribution >= 0.6 is 31.9 Å². The van der Waals surface area contributed by atoms with E-state index in [0.29, 0.717) is 6.61 Å².